The first-order valence-electron chi connectivity index (χ1n) is 10.8. The SMILES string of the molecule is CCN(CC)CCN(C)S(=O)(=O)c1ccc2[nH]c(=O)c3[nH]cc(CCCC(=O)O)c3c2c1. The number of rotatable bonds is 11. The summed E-state index contributed by atoms with van der Waals surface area (Å²) >= 11 is 0. The number of benzene rings is 1. The topological polar surface area (TPSA) is 127 Å². The molecule has 0 amide bonds. The van der Waals surface area contributed by atoms with Crippen LogP contribution in [0.1, 0.15) is 32.3 Å². The van der Waals surface area contributed by atoms with E-state index in [1.165, 1.54) is 10.4 Å². The third-order valence-corrected chi connectivity index (χ3v) is 7.72. The van der Waals surface area contributed by atoms with Crippen molar-refractivity contribution in [3.05, 3.63) is 40.3 Å². The van der Waals surface area contributed by atoms with Crippen LogP contribution in [0.15, 0.2) is 34.1 Å². The second kappa shape index (κ2) is 9.85. The van der Waals surface area contributed by atoms with Gasteiger partial charge in [-0.05, 0) is 49.7 Å². The van der Waals surface area contributed by atoms with Crippen molar-refractivity contribution in [2.45, 2.75) is 38.0 Å². The molecule has 0 saturated carbocycles. The number of sulfonamides is 1. The van der Waals surface area contributed by atoms with E-state index in [2.05, 4.69) is 14.9 Å². The van der Waals surface area contributed by atoms with Gasteiger partial charge in [0.05, 0.1) is 4.90 Å². The van der Waals surface area contributed by atoms with Gasteiger partial charge in [0.25, 0.3) is 5.56 Å². The first-order valence-corrected chi connectivity index (χ1v) is 12.2. The van der Waals surface area contributed by atoms with Crippen molar-refractivity contribution in [2.24, 2.45) is 0 Å². The highest BCUT2D eigenvalue weighted by atomic mass is 32.2. The summed E-state index contributed by atoms with van der Waals surface area (Å²) in [6.07, 6.45) is 2.59. The summed E-state index contributed by atoms with van der Waals surface area (Å²) in [4.78, 5) is 31.4. The zero-order valence-corrected chi connectivity index (χ0v) is 19.5. The maximum absolute atomic E-state index is 13.2. The van der Waals surface area contributed by atoms with Crippen molar-refractivity contribution in [1.29, 1.82) is 0 Å². The van der Waals surface area contributed by atoms with Crippen molar-refractivity contribution in [3.63, 3.8) is 0 Å². The quantitative estimate of drug-likeness (QED) is 0.402. The van der Waals surface area contributed by atoms with Gasteiger partial charge in [0.2, 0.25) is 10.0 Å². The highest BCUT2D eigenvalue weighted by Gasteiger charge is 2.22. The third kappa shape index (κ3) is 4.87. The number of carboxylic acids is 1. The third-order valence-electron chi connectivity index (χ3n) is 5.87. The molecule has 0 aliphatic carbocycles. The second-order valence-electron chi connectivity index (χ2n) is 7.83. The van der Waals surface area contributed by atoms with Gasteiger partial charge in [-0.2, -0.15) is 4.31 Å². The fourth-order valence-electron chi connectivity index (χ4n) is 3.88. The number of hydrogen-bond donors (Lipinski definition) is 3. The Balaban J connectivity index is 2.01. The molecule has 3 rings (SSSR count). The number of aromatic amines is 2. The maximum atomic E-state index is 13.2. The predicted octanol–water partition coefficient (Wildman–Crippen LogP) is 2.38. The minimum atomic E-state index is -3.72. The van der Waals surface area contributed by atoms with Crippen LogP contribution < -0.4 is 5.56 Å². The fraction of sp³-hybridized carbons (Fsp3) is 0.455. The van der Waals surface area contributed by atoms with Crippen molar-refractivity contribution in [1.82, 2.24) is 19.2 Å². The molecule has 174 valence electrons. The molecule has 0 radical (unpaired) electrons. The van der Waals surface area contributed by atoms with E-state index in [9.17, 15) is 18.0 Å². The smallest absolute Gasteiger partial charge is 0.303 e. The van der Waals surface area contributed by atoms with E-state index in [1.54, 1.807) is 25.4 Å². The van der Waals surface area contributed by atoms with Gasteiger partial charge in [-0.3, -0.25) is 9.59 Å². The molecule has 1 aromatic carbocycles. The average molecular weight is 463 g/mol. The Kier molecular flexibility index (Phi) is 7.37. The van der Waals surface area contributed by atoms with Crippen LogP contribution in [-0.2, 0) is 21.2 Å². The van der Waals surface area contributed by atoms with Crippen LogP contribution in [0.2, 0.25) is 0 Å². The summed E-state index contributed by atoms with van der Waals surface area (Å²) in [7, 11) is -2.15. The summed E-state index contributed by atoms with van der Waals surface area (Å²) in [5.74, 6) is -0.881. The normalized spacial score (nSPS) is 12.4. The van der Waals surface area contributed by atoms with Gasteiger partial charge in [-0.25, -0.2) is 8.42 Å². The molecule has 0 bridgehead atoms. The lowest BCUT2D eigenvalue weighted by atomic mass is 10.0. The number of hydrogen-bond acceptors (Lipinski definition) is 5. The lowest BCUT2D eigenvalue weighted by molar-refractivity contribution is -0.137. The molecule has 0 fully saturated rings. The molecule has 10 heteroatoms. The lowest BCUT2D eigenvalue weighted by Gasteiger charge is -2.23. The highest BCUT2D eigenvalue weighted by Crippen LogP contribution is 2.28. The number of nitrogens with one attached hydrogen (secondary N) is 2. The highest BCUT2D eigenvalue weighted by molar-refractivity contribution is 7.89. The molecule has 2 heterocycles. The van der Waals surface area contributed by atoms with E-state index < -0.39 is 16.0 Å². The number of carboxylic acid groups (broad SMARTS) is 1. The molecule has 3 N–H and O–H groups in total. The number of carbonyl (C=O) groups is 1. The molecule has 9 nitrogen and oxygen atoms in total. The largest absolute Gasteiger partial charge is 0.481 e. The van der Waals surface area contributed by atoms with Gasteiger partial charge in [-0.1, -0.05) is 13.8 Å². The van der Waals surface area contributed by atoms with Gasteiger partial charge < -0.3 is 20.0 Å². The number of aliphatic carboxylic acids is 1. The van der Waals surface area contributed by atoms with Crippen LogP contribution in [0.4, 0.5) is 0 Å². The van der Waals surface area contributed by atoms with Gasteiger partial charge in [0.1, 0.15) is 5.52 Å². The number of aryl methyl sites for hydroxylation is 1. The number of H-pyrrole nitrogens is 2. The first-order chi connectivity index (χ1) is 15.2. The van der Waals surface area contributed by atoms with Crippen molar-refractivity contribution >= 4 is 37.8 Å². The minimum absolute atomic E-state index is 0.0186. The molecule has 32 heavy (non-hydrogen) atoms. The van der Waals surface area contributed by atoms with E-state index >= 15 is 0 Å². The molecule has 3 aromatic rings. The van der Waals surface area contributed by atoms with Crippen LogP contribution >= 0.6 is 0 Å². The maximum Gasteiger partial charge on any atom is 0.303 e. The Morgan fingerprint density at radius 3 is 2.53 bits per heavy atom. The molecule has 0 aliphatic heterocycles. The Morgan fingerprint density at radius 1 is 1.16 bits per heavy atom. The predicted molar refractivity (Wildman–Crippen MR) is 125 cm³/mol. The minimum Gasteiger partial charge on any atom is -0.481 e. The summed E-state index contributed by atoms with van der Waals surface area (Å²) < 4.78 is 27.7. The summed E-state index contributed by atoms with van der Waals surface area (Å²) in [5, 5.41) is 10.2. The molecule has 0 aliphatic rings. The summed E-state index contributed by atoms with van der Waals surface area (Å²) in [6.45, 7) is 6.79. The zero-order chi connectivity index (χ0) is 23.5. The molecule has 0 saturated heterocycles. The molecular formula is C22H30N4O5S. The van der Waals surface area contributed by atoms with Crippen LogP contribution in [0.25, 0.3) is 21.8 Å². The average Bonchev–Trinajstić information content (AvgIpc) is 3.18. The molecule has 2 aromatic heterocycles. The number of nitrogens with zero attached hydrogens (tertiary/aromatic N) is 2. The number of fused-ring (bicyclic) bond motifs is 3. The van der Waals surface area contributed by atoms with E-state index in [1.807, 2.05) is 13.8 Å². The second-order valence-corrected chi connectivity index (χ2v) is 9.87. The Morgan fingerprint density at radius 2 is 1.88 bits per heavy atom. The summed E-state index contributed by atoms with van der Waals surface area (Å²) in [6, 6.07) is 4.70. The summed E-state index contributed by atoms with van der Waals surface area (Å²) in [5.41, 5.74) is 1.38. The van der Waals surface area contributed by atoms with E-state index in [-0.39, 0.29) is 16.9 Å². The van der Waals surface area contributed by atoms with Crippen LogP contribution in [0, 0.1) is 0 Å². The Hall–Kier alpha value is -2.69. The molecule has 0 spiro atoms. The molecule has 0 atom stereocenters. The number of pyridine rings is 1. The lowest BCUT2D eigenvalue weighted by Crippen LogP contribution is -2.36. The fourth-order valence-corrected chi connectivity index (χ4v) is 5.07. The van der Waals surface area contributed by atoms with E-state index in [0.717, 1.165) is 18.7 Å². The Bertz CT molecular complexity index is 1270. The molecule has 0 unspecified atom stereocenters. The van der Waals surface area contributed by atoms with Gasteiger partial charge in [0.15, 0.2) is 0 Å². The zero-order valence-electron chi connectivity index (χ0n) is 18.6. The molecular weight excluding hydrogens is 432 g/mol. The van der Waals surface area contributed by atoms with Crippen molar-refractivity contribution < 1.29 is 18.3 Å². The standard InChI is InChI=1S/C22H30N4O5S/c1-4-26(5-2)12-11-25(3)32(30,31)16-9-10-18-17(13-16)20-15(7-6-8-19(27)28)14-23-21(20)22(29)24-18/h9-10,13-14,23H,4-8,11-12H2,1-3H3,(H,24,29)(H,27,28). The van der Waals surface area contributed by atoms with E-state index in [0.29, 0.717) is 47.7 Å². The Labute approximate surface area is 187 Å². The number of likely N-dealkylation sites (N-methyl/N-ethyl adjacent to an activating group) is 2. The van der Waals surface area contributed by atoms with Gasteiger partial charge in [0, 0.05) is 49.0 Å². The number of aromatic nitrogens is 2. The monoisotopic (exact) mass is 462 g/mol. The van der Waals surface area contributed by atoms with E-state index in [4.69, 9.17) is 5.11 Å². The van der Waals surface area contributed by atoms with Crippen molar-refractivity contribution in [2.75, 3.05) is 33.2 Å². The van der Waals surface area contributed by atoms with Crippen LogP contribution in [-0.4, -0.2) is 71.9 Å². The van der Waals surface area contributed by atoms with Crippen molar-refractivity contribution in [3.8, 4) is 0 Å². The van der Waals surface area contributed by atoms with Gasteiger partial charge >= 0.3 is 5.97 Å². The van der Waals surface area contributed by atoms with Gasteiger partial charge in [-0.15, -0.1) is 0 Å². The van der Waals surface area contributed by atoms with Crippen LogP contribution in [0.5, 0.6) is 0 Å². The van der Waals surface area contributed by atoms with Crippen LogP contribution in [0.3, 0.4) is 0 Å². The first kappa shape index (κ1) is 24.0.